The van der Waals surface area contributed by atoms with E-state index in [0.29, 0.717) is 5.01 Å². The molecule has 1 rings (SSSR count). The third-order valence-corrected chi connectivity index (χ3v) is 3.46. The number of rotatable bonds is 4. The summed E-state index contributed by atoms with van der Waals surface area (Å²) in [6.07, 6.45) is 2.34. The van der Waals surface area contributed by atoms with E-state index in [1.807, 2.05) is 6.26 Å². The lowest BCUT2D eigenvalue weighted by Gasteiger charge is -2.00. The molecule has 0 saturated carbocycles. The predicted molar refractivity (Wildman–Crippen MR) is 51.2 cm³/mol. The van der Waals surface area contributed by atoms with Gasteiger partial charge in [0, 0.05) is 6.42 Å². The van der Waals surface area contributed by atoms with E-state index < -0.39 is 12.1 Å². The normalized spacial score (nSPS) is 12.8. The molecule has 1 aromatic heterocycles. The average molecular weight is 219 g/mol. The predicted octanol–water partition coefficient (Wildman–Crippen LogP) is 0.853. The summed E-state index contributed by atoms with van der Waals surface area (Å²) in [6.45, 7) is 0. The maximum absolute atomic E-state index is 10.3. The quantitative estimate of drug-likeness (QED) is 0.735. The van der Waals surface area contributed by atoms with E-state index in [1.54, 1.807) is 18.0 Å². The lowest BCUT2D eigenvalue weighted by atomic mass is 10.3. The first-order chi connectivity index (χ1) is 6.13. The number of carboxylic acids is 1. The zero-order chi connectivity index (χ0) is 9.84. The van der Waals surface area contributed by atoms with Gasteiger partial charge in [-0.3, -0.25) is 0 Å². The van der Waals surface area contributed by atoms with E-state index >= 15 is 0 Å². The number of hydrogen-bond donors (Lipinski definition) is 2. The number of thiazole rings is 1. The molecule has 0 bridgehead atoms. The van der Waals surface area contributed by atoms with Gasteiger partial charge in [0.05, 0.1) is 15.4 Å². The fourth-order valence-corrected chi connectivity index (χ4v) is 2.20. The van der Waals surface area contributed by atoms with E-state index in [0.717, 1.165) is 4.21 Å². The van der Waals surface area contributed by atoms with Gasteiger partial charge in [0.1, 0.15) is 0 Å². The standard InChI is InChI=1S/C7H9NO3S2/c1-12-6-3-8-5(13-6)2-4(9)7(10)11/h3-4,9H,2H2,1H3,(H,10,11). The highest BCUT2D eigenvalue weighted by atomic mass is 32.2. The van der Waals surface area contributed by atoms with Gasteiger partial charge in [-0.25, -0.2) is 9.78 Å². The van der Waals surface area contributed by atoms with E-state index in [4.69, 9.17) is 10.2 Å². The van der Waals surface area contributed by atoms with Gasteiger partial charge in [-0.05, 0) is 6.26 Å². The number of hydrogen-bond acceptors (Lipinski definition) is 5. The molecule has 6 heteroatoms. The fourth-order valence-electron chi connectivity index (χ4n) is 0.735. The number of carboxylic acid groups (broad SMARTS) is 1. The second kappa shape index (κ2) is 4.59. The van der Waals surface area contributed by atoms with E-state index in [2.05, 4.69) is 4.98 Å². The fraction of sp³-hybridized carbons (Fsp3) is 0.429. The van der Waals surface area contributed by atoms with Gasteiger partial charge < -0.3 is 10.2 Å². The van der Waals surface area contributed by atoms with Crippen LogP contribution in [0, 0.1) is 0 Å². The van der Waals surface area contributed by atoms with Crippen LogP contribution >= 0.6 is 23.1 Å². The maximum atomic E-state index is 10.3. The van der Waals surface area contributed by atoms with Crippen LogP contribution in [0.4, 0.5) is 0 Å². The van der Waals surface area contributed by atoms with Crippen molar-refractivity contribution in [1.29, 1.82) is 0 Å². The van der Waals surface area contributed by atoms with Crippen molar-refractivity contribution in [3.05, 3.63) is 11.2 Å². The van der Waals surface area contributed by atoms with Gasteiger partial charge in [-0.1, -0.05) is 0 Å². The first-order valence-electron chi connectivity index (χ1n) is 3.53. The molecule has 1 aromatic rings. The zero-order valence-electron chi connectivity index (χ0n) is 6.93. The molecule has 0 spiro atoms. The largest absolute Gasteiger partial charge is 0.479 e. The Morgan fingerprint density at radius 2 is 2.54 bits per heavy atom. The van der Waals surface area contributed by atoms with E-state index in [-0.39, 0.29) is 6.42 Å². The smallest absolute Gasteiger partial charge is 0.332 e. The molecule has 0 radical (unpaired) electrons. The summed E-state index contributed by atoms with van der Waals surface area (Å²) in [5, 5.41) is 18.1. The molecule has 13 heavy (non-hydrogen) atoms. The summed E-state index contributed by atoms with van der Waals surface area (Å²) >= 11 is 2.96. The Morgan fingerprint density at radius 1 is 1.85 bits per heavy atom. The lowest BCUT2D eigenvalue weighted by molar-refractivity contribution is -0.146. The molecule has 1 unspecified atom stereocenters. The monoisotopic (exact) mass is 219 g/mol. The Hall–Kier alpha value is -0.590. The molecule has 2 N–H and O–H groups in total. The summed E-state index contributed by atoms with van der Waals surface area (Å²) in [4.78, 5) is 14.3. The SMILES string of the molecule is CSc1cnc(CC(O)C(=O)O)s1. The van der Waals surface area contributed by atoms with Crippen molar-refractivity contribution < 1.29 is 15.0 Å². The van der Waals surface area contributed by atoms with Crippen molar-refractivity contribution in [2.24, 2.45) is 0 Å². The van der Waals surface area contributed by atoms with E-state index in [1.165, 1.54) is 11.3 Å². The summed E-state index contributed by atoms with van der Waals surface area (Å²) in [5.74, 6) is -1.21. The molecule has 0 saturated heterocycles. The number of aliphatic hydroxyl groups excluding tert-OH is 1. The molecule has 72 valence electrons. The number of nitrogens with zero attached hydrogens (tertiary/aromatic N) is 1. The van der Waals surface area contributed by atoms with Gasteiger partial charge >= 0.3 is 5.97 Å². The number of aliphatic hydroxyl groups is 1. The minimum Gasteiger partial charge on any atom is -0.479 e. The first-order valence-corrected chi connectivity index (χ1v) is 5.57. The molecule has 0 fully saturated rings. The summed E-state index contributed by atoms with van der Waals surface area (Å²) in [7, 11) is 0. The average Bonchev–Trinajstić information content (AvgIpc) is 2.52. The highest BCUT2D eigenvalue weighted by Crippen LogP contribution is 2.23. The summed E-state index contributed by atoms with van der Waals surface area (Å²) < 4.78 is 1.02. The van der Waals surface area contributed by atoms with Crippen LogP contribution in [-0.4, -0.2) is 33.5 Å². The molecular formula is C7H9NO3S2. The molecule has 4 nitrogen and oxygen atoms in total. The lowest BCUT2D eigenvalue weighted by Crippen LogP contribution is -2.21. The number of aliphatic carboxylic acids is 1. The highest BCUT2D eigenvalue weighted by molar-refractivity contribution is 8.00. The Balaban J connectivity index is 2.58. The Labute approximate surface area is 83.6 Å². The van der Waals surface area contributed by atoms with Crippen LogP contribution in [0.5, 0.6) is 0 Å². The summed E-state index contributed by atoms with van der Waals surface area (Å²) in [5.41, 5.74) is 0. The van der Waals surface area contributed by atoms with Crippen LogP contribution in [0.2, 0.25) is 0 Å². The van der Waals surface area contributed by atoms with Gasteiger partial charge in [0.2, 0.25) is 0 Å². The van der Waals surface area contributed by atoms with Crippen molar-refractivity contribution in [2.45, 2.75) is 16.7 Å². The first kappa shape index (κ1) is 10.5. The minimum absolute atomic E-state index is 0.0839. The molecule has 0 amide bonds. The van der Waals surface area contributed by atoms with Gasteiger partial charge in [0.15, 0.2) is 6.10 Å². The van der Waals surface area contributed by atoms with Crippen molar-refractivity contribution in [1.82, 2.24) is 4.98 Å². The number of aromatic nitrogens is 1. The second-order valence-corrected chi connectivity index (χ2v) is 4.56. The topological polar surface area (TPSA) is 70.4 Å². The number of carbonyl (C=O) groups is 1. The van der Waals surface area contributed by atoms with Crippen LogP contribution in [0.15, 0.2) is 10.4 Å². The number of thioether (sulfide) groups is 1. The highest BCUT2D eigenvalue weighted by Gasteiger charge is 2.15. The zero-order valence-corrected chi connectivity index (χ0v) is 8.56. The molecule has 0 aromatic carbocycles. The van der Waals surface area contributed by atoms with Crippen molar-refractivity contribution in [3.63, 3.8) is 0 Å². The molecule has 1 atom stereocenters. The molecule has 0 aliphatic rings. The second-order valence-electron chi connectivity index (χ2n) is 2.34. The molecule has 0 aliphatic carbocycles. The molecular weight excluding hydrogens is 210 g/mol. The van der Waals surface area contributed by atoms with E-state index in [9.17, 15) is 4.79 Å². The van der Waals surface area contributed by atoms with Crippen molar-refractivity contribution in [2.75, 3.05) is 6.26 Å². The Bertz CT molecular complexity index is 300. The Morgan fingerprint density at radius 3 is 3.00 bits per heavy atom. The van der Waals surface area contributed by atoms with Gasteiger partial charge in [0.25, 0.3) is 0 Å². The van der Waals surface area contributed by atoms with Crippen LogP contribution < -0.4 is 0 Å². The summed E-state index contributed by atoms with van der Waals surface area (Å²) in [6, 6.07) is 0. The molecule has 0 aliphatic heterocycles. The third kappa shape index (κ3) is 2.98. The van der Waals surface area contributed by atoms with Crippen LogP contribution in [0.3, 0.4) is 0 Å². The van der Waals surface area contributed by atoms with Crippen LogP contribution in [-0.2, 0) is 11.2 Å². The van der Waals surface area contributed by atoms with Crippen LogP contribution in [0.1, 0.15) is 5.01 Å². The third-order valence-electron chi connectivity index (χ3n) is 1.39. The van der Waals surface area contributed by atoms with Gasteiger partial charge in [-0.2, -0.15) is 0 Å². The molecule has 1 heterocycles. The van der Waals surface area contributed by atoms with Crippen molar-refractivity contribution in [3.8, 4) is 0 Å². The van der Waals surface area contributed by atoms with Crippen LogP contribution in [0.25, 0.3) is 0 Å². The van der Waals surface area contributed by atoms with Crippen molar-refractivity contribution >= 4 is 29.1 Å². The minimum atomic E-state index is -1.35. The maximum Gasteiger partial charge on any atom is 0.332 e. The Kier molecular flexibility index (Phi) is 3.71. The van der Waals surface area contributed by atoms with Gasteiger partial charge in [-0.15, -0.1) is 23.1 Å².